The van der Waals surface area contributed by atoms with E-state index in [1.54, 1.807) is 0 Å². The Kier molecular flexibility index (Phi) is 13.5. The molecule has 2 unspecified atom stereocenters. The molecule has 0 saturated carbocycles. The van der Waals surface area contributed by atoms with Crippen molar-refractivity contribution in [3.63, 3.8) is 0 Å². The van der Waals surface area contributed by atoms with Gasteiger partial charge in [0.15, 0.2) is 0 Å². The molecule has 0 N–H and O–H groups in total. The SMILES string of the molecule is C=C(/C=C\C(=C)C(=C)/C=C(/CC)C(=C)C(=C)/C=C\C(=C)C(C)CCC(C)CC)CC. The minimum Gasteiger partial charge on any atom is -0.0958 e. The zero-order valence-electron chi connectivity index (χ0n) is 20.3. The van der Waals surface area contributed by atoms with Gasteiger partial charge in [-0.3, -0.25) is 0 Å². The fourth-order valence-electron chi connectivity index (χ4n) is 2.75. The second-order valence-corrected chi connectivity index (χ2v) is 8.32. The van der Waals surface area contributed by atoms with Crippen LogP contribution in [0.1, 0.15) is 66.7 Å². The average Bonchev–Trinajstić information content (AvgIpc) is 2.75. The summed E-state index contributed by atoms with van der Waals surface area (Å²) in [5.41, 5.74) is 6.95. The van der Waals surface area contributed by atoms with Crippen molar-refractivity contribution < 1.29 is 0 Å². The summed E-state index contributed by atoms with van der Waals surface area (Å²) in [6.45, 7) is 36.0. The fourth-order valence-corrected chi connectivity index (χ4v) is 2.75. The van der Waals surface area contributed by atoms with E-state index in [1.807, 2.05) is 18.2 Å². The van der Waals surface area contributed by atoms with Crippen molar-refractivity contribution in [2.45, 2.75) is 66.7 Å². The summed E-state index contributed by atoms with van der Waals surface area (Å²) in [7, 11) is 0. The number of allylic oxidation sites excluding steroid dienone is 12. The molecule has 0 aliphatic heterocycles. The van der Waals surface area contributed by atoms with Crippen molar-refractivity contribution in [1.82, 2.24) is 0 Å². The van der Waals surface area contributed by atoms with Crippen molar-refractivity contribution in [3.8, 4) is 0 Å². The van der Waals surface area contributed by atoms with Gasteiger partial charge in [0.05, 0.1) is 0 Å². The van der Waals surface area contributed by atoms with Crippen LogP contribution in [0, 0.1) is 11.8 Å². The molecule has 0 aliphatic carbocycles. The Morgan fingerprint density at radius 2 is 1.30 bits per heavy atom. The highest BCUT2D eigenvalue weighted by atomic mass is 14.1. The molecule has 0 aliphatic rings. The Bertz CT molecular complexity index is 745. The number of rotatable bonds is 15. The van der Waals surface area contributed by atoms with Crippen molar-refractivity contribution in [3.05, 3.63) is 109 Å². The minimum absolute atomic E-state index is 0.477. The minimum atomic E-state index is 0.477. The molecule has 0 fully saturated rings. The molecule has 0 aromatic rings. The Labute approximate surface area is 187 Å². The zero-order valence-corrected chi connectivity index (χ0v) is 20.3. The zero-order chi connectivity index (χ0) is 23.3. The van der Waals surface area contributed by atoms with E-state index in [-0.39, 0.29) is 0 Å². The molecule has 2 atom stereocenters. The first kappa shape index (κ1) is 27.7. The van der Waals surface area contributed by atoms with Crippen molar-refractivity contribution >= 4 is 0 Å². The molecule has 0 radical (unpaired) electrons. The quantitative estimate of drug-likeness (QED) is 0.238. The third-order valence-corrected chi connectivity index (χ3v) is 5.81. The summed E-state index contributed by atoms with van der Waals surface area (Å²) in [5.74, 6) is 1.25. The smallest absolute Gasteiger partial charge is 0.0196 e. The van der Waals surface area contributed by atoms with Crippen LogP contribution in [-0.4, -0.2) is 0 Å². The molecular formula is C30H44. The third kappa shape index (κ3) is 10.4. The maximum absolute atomic E-state index is 4.27. The number of hydrogen-bond donors (Lipinski definition) is 0. The van der Waals surface area contributed by atoms with E-state index in [4.69, 9.17) is 0 Å². The fraction of sp³-hybridized carbons (Fsp3) is 0.400. The van der Waals surface area contributed by atoms with Gasteiger partial charge in [-0.1, -0.05) is 128 Å². The highest BCUT2D eigenvalue weighted by Crippen LogP contribution is 2.25. The lowest BCUT2D eigenvalue weighted by Crippen LogP contribution is -2.01. The lowest BCUT2D eigenvalue weighted by molar-refractivity contribution is 0.454. The van der Waals surface area contributed by atoms with E-state index in [0.29, 0.717) is 5.92 Å². The van der Waals surface area contributed by atoms with Gasteiger partial charge in [0.2, 0.25) is 0 Å². The lowest BCUT2D eigenvalue weighted by Gasteiger charge is -2.15. The molecule has 0 aromatic carbocycles. The van der Waals surface area contributed by atoms with Gasteiger partial charge >= 0.3 is 0 Å². The van der Waals surface area contributed by atoms with E-state index < -0.39 is 0 Å². The van der Waals surface area contributed by atoms with E-state index in [9.17, 15) is 0 Å². The summed E-state index contributed by atoms with van der Waals surface area (Å²) in [6, 6.07) is 0. The highest BCUT2D eigenvalue weighted by molar-refractivity contribution is 5.54. The van der Waals surface area contributed by atoms with Crippen molar-refractivity contribution in [2.75, 3.05) is 0 Å². The van der Waals surface area contributed by atoms with Crippen LogP contribution in [0.25, 0.3) is 0 Å². The van der Waals surface area contributed by atoms with Crippen molar-refractivity contribution in [2.24, 2.45) is 11.8 Å². The van der Waals surface area contributed by atoms with Crippen LogP contribution in [0.3, 0.4) is 0 Å². The highest BCUT2D eigenvalue weighted by Gasteiger charge is 2.08. The van der Waals surface area contributed by atoms with Gasteiger partial charge < -0.3 is 0 Å². The van der Waals surface area contributed by atoms with Gasteiger partial charge in [-0.05, 0) is 59.0 Å². The topological polar surface area (TPSA) is 0 Å². The van der Waals surface area contributed by atoms with E-state index in [0.717, 1.165) is 57.8 Å². The predicted octanol–water partition coefficient (Wildman–Crippen LogP) is 9.64. The summed E-state index contributed by atoms with van der Waals surface area (Å²) in [5, 5.41) is 0. The van der Waals surface area contributed by atoms with Crippen LogP contribution in [0.4, 0.5) is 0 Å². The van der Waals surface area contributed by atoms with Crippen molar-refractivity contribution in [1.29, 1.82) is 0 Å². The monoisotopic (exact) mass is 404 g/mol. The van der Waals surface area contributed by atoms with Crippen LogP contribution >= 0.6 is 0 Å². The maximum atomic E-state index is 4.27. The summed E-state index contributed by atoms with van der Waals surface area (Å²) in [4.78, 5) is 0. The van der Waals surface area contributed by atoms with Gasteiger partial charge in [0, 0.05) is 0 Å². The largest absolute Gasteiger partial charge is 0.0958 e. The molecule has 0 amide bonds. The van der Waals surface area contributed by atoms with Gasteiger partial charge in [0.1, 0.15) is 0 Å². The first-order valence-electron chi connectivity index (χ1n) is 11.3. The standard InChI is InChI=1S/C30H44/c1-12-22(4)15-17-24(6)25(7)19-20-27(9)29(11)30(14-3)21-28(10)26(8)18-16-23(5)13-2/h16,18-22,24H,5,7-15,17H2,1-4,6H3/b18-16-,20-19-,30-21-. The Morgan fingerprint density at radius 1 is 0.700 bits per heavy atom. The molecule has 30 heavy (non-hydrogen) atoms. The molecule has 0 heterocycles. The van der Waals surface area contributed by atoms with E-state index in [2.05, 4.69) is 86.2 Å². The van der Waals surface area contributed by atoms with Gasteiger partial charge in [0.25, 0.3) is 0 Å². The molecule has 164 valence electrons. The average molecular weight is 405 g/mol. The van der Waals surface area contributed by atoms with Crippen LogP contribution in [-0.2, 0) is 0 Å². The summed E-state index contributed by atoms with van der Waals surface area (Å²) in [6.07, 6.45) is 15.6. The normalized spacial score (nSPS) is 14.0. The molecule has 0 saturated heterocycles. The van der Waals surface area contributed by atoms with Gasteiger partial charge in [-0.25, -0.2) is 0 Å². The molecule has 0 rings (SSSR count). The molecule has 0 heteroatoms. The first-order chi connectivity index (χ1) is 14.1. The predicted molar refractivity (Wildman–Crippen MR) is 140 cm³/mol. The van der Waals surface area contributed by atoms with Crippen LogP contribution < -0.4 is 0 Å². The Morgan fingerprint density at radius 3 is 1.83 bits per heavy atom. The second kappa shape index (κ2) is 14.6. The molecule has 0 nitrogen and oxygen atoms in total. The van der Waals surface area contributed by atoms with E-state index in [1.165, 1.54) is 19.3 Å². The number of hydrogen-bond acceptors (Lipinski definition) is 0. The molecule has 0 aromatic heterocycles. The third-order valence-electron chi connectivity index (χ3n) is 5.81. The van der Waals surface area contributed by atoms with Crippen LogP contribution in [0.2, 0.25) is 0 Å². The van der Waals surface area contributed by atoms with Crippen LogP contribution in [0.15, 0.2) is 109 Å². The molecule has 0 bridgehead atoms. The van der Waals surface area contributed by atoms with Crippen LogP contribution in [0.5, 0.6) is 0 Å². The maximum Gasteiger partial charge on any atom is -0.0196 e. The Balaban J connectivity index is 5.06. The van der Waals surface area contributed by atoms with Gasteiger partial charge in [-0.2, -0.15) is 0 Å². The summed E-state index contributed by atoms with van der Waals surface area (Å²) < 4.78 is 0. The molecular weight excluding hydrogens is 360 g/mol. The second-order valence-electron chi connectivity index (χ2n) is 8.32. The molecule has 0 spiro atoms. The summed E-state index contributed by atoms with van der Waals surface area (Å²) >= 11 is 0. The first-order valence-corrected chi connectivity index (χ1v) is 11.3. The van der Waals surface area contributed by atoms with Gasteiger partial charge in [-0.15, -0.1) is 0 Å². The lowest BCUT2D eigenvalue weighted by atomic mass is 9.90. The van der Waals surface area contributed by atoms with E-state index >= 15 is 0 Å². The Hall–Kier alpha value is -2.34.